The molecule has 34 heavy (non-hydrogen) atoms. The molecule has 1 atom stereocenters. The number of likely N-dealkylation sites (tertiary alicyclic amines) is 1. The Balaban J connectivity index is 1.78. The standard InChI is InChI=1S/C27H25NO6/c1-32-16-15-28-24(19-7-6-10-22(17-19)34-21-8-4-3-5-9-21)23(26(30)27(28)31)25(29)18-11-13-20(33-2)14-12-18/h3-14,17,24,29H,15-16H2,1-2H3/b25-23-. The lowest BCUT2D eigenvalue weighted by Gasteiger charge is -2.25. The van der Waals surface area contributed by atoms with Gasteiger partial charge in [-0.05, 0) is 54.1 Å². The topological polar surface area (TPSA) is 85.3 Å². The van der Waals surface area contributed by atoms with Gasteiger partial charge in [0.05, 0.1) is 25.3 Å². The molecule has 1 heterocycles. The van der Waals surface area contributed by atoms with Crippen LogP contribution in [0.15, 0.2) is 84.4 Å². The summed E-state index contributed by atoms with van der Waals surface area (Å²) in [6.45, 7) is 0.432. The molecule has 3 aromatic rings. The van der Waals surface area contributed by atoms with E-state index in [1.807, 2.05) is 30.3 Å². The Morgan fingerprint density at radius 1 is 0.882 bits per heavy atom. The van der Waals surface area contributed by atoms with Crippen LogP contribution in [0.4, 0.5) is 0 Å². The molecule has 3 aromatic carbocycles. The summed E-state index contributed by atoms with van der Waals surface area (Å²) in [5, 5.41) is 11.1. The van der Waals surface area contributed by atoms with Gasteiger partial charge >= 0.3 is 0 Å². The van der Waals surface area contributed by atoms with E-state index in [0.717, 1.165) is 0 Å². The Morgan fingerprint density at radius 2 is 1.59 bits per heavy atom. The number of carbonyl (C=O) groups is 2. The van der Waals surface area contributed by atoms with Crippen molar-refractivity contribution >= 4 is 17.4 Å². The summed E-state index contributed by atoms with van der Waals surface area (Å²) < 4.78 is 16.3. The van der Waals surface area contributed by atoms with E-state index in [9.17, 15) is 14.7 Å². The fourth-order valence-corrected chi connectivity index (χ4v) is 3.92. The molecule has 1 N–H and O–H groups in total. The van der Waals surface area contributed by atoms with E-state index in [4.69, 9.17) is 14.2 Å². The number of rotatable bonds is 8. The van der Waals surface area contributed by atoms with Crippen LogP contribution < -0.4 is 9.47 Å². The Labute approximate surface area is 197 Å². The molecular formula is C27H25NO6. The van der Waals surface area contributed by atoms with Crippen molar-refractivity contribution in [1.82, 2.24) is 4.90 Å². The predicted octanol–water partition coefficient (Wildman–Crippen LogP) is 4.56. The van der Waals surface area contributed by atoms with Crippen molar-refractivity contribution in [2.24, 2.45) is 0 Å². The van der Waals surface area contributed by atoms with Gasteiger partial charge in [0.15, 0.2) is 0 Å². The van der Waals surface area contributed by atoms with Gasteiger partial charge in [-0.15, -0.1) is 0 Å². The van der Waals surface area contributed by atoms with Gasteiger partial charge in [0, 0.05) is 19.2 Å². The molecule has 1 saturated heterocycles. The average molecular weight is 459 g/mol. The van der Waals surface area contributed by atoms with E-state index >= 15 is 0 Å². The van der Waals surface area contributed by atoms with E-state index < -0.39 is 17.7 Å². The molecular weight excluding hydrogens is 434 g/mol. The van der Waals surface area contributed by atoms with Crippen LogP contribution in [0.1, 0.15) is 17.2 Å². The predicted molar refractivity (Wildman–Crippen MR) is 127 cm³/mol. The number of amides is 1. The first-order chi connectivity index (χ1) is 16.5. The zero-order valence-electron chi connectivity index (χ0n) is 18.9. The second-order valence-corrected chi connectivity index (χ2v) is 7.70. The van der Waals surface area contributed by atoms with Crippen LogP contribution in [-0.4, -0.2) is 49.1 Å². The second-order valence-electron chi connectivity index (χ2n) is 7.70. The molecule has 174 valence electrons. The second kappa shape index (κ2) is 10.2. The molecule has 7 heteroatoms. The minimum atomic E-state index is -0.795. The Morgan fingerprint density at radius 3 is 2.26 bits per heavy atom. The lowest BCUT2D eigenvalue weighted by atomic mass is 9.95. The van der Waals surface area contributed by atoms with Crippen LogP contribution in [-0.2, 0) is 14.3 Å². The highest BCUT2D eigenvalue weighted by Gasteiger charge is 2.46. The lowest BCUT2D eigenvalue weighted by Crippen LogP contribution is -2.32. The summed E-state index contributed by atoms with van der Waals surface area (Å²) in [6, 6.07) is 22.3. The number of hydrogen-bond acceptors (Lipinski definition) is 6. The number of ketones is 1. The molecule has 1 aliphatic heterocycles. The van der Waals surface area contributed by atoms with Crippen molar-refractivity contribution in [1.29, 1.82) is 0 Å². The number of Topliss-reactive ketones (excluding diaryl/α,β-unsaturated/α-hetero) is 1. The lowest BCUT2D eigenvalue weighted by molar-refractivity contribution is -0.140. The number of hydrogen-bond donors (Lipinski definition) is 1. The number of aliphatic hydroxyl groups excluding tert-OH is 1. The maximum atomic E-state index is 13.1. The quantitative estimate of drug-likeness (QED) is 0.302. The fraction of sp³-hybridized carbons (Fsp3) is 0.185. The molecule has 1 unspecified atom stereocenters. The third-order valence-corrected chi connectivity index (χ3v) is 5.59. The van der Waals surface area contributed by atoms with Crippen LogP contribution in [0, 0.1) is 0 Å². The van der Waals surface area contributed by atoms with Crippen molar-refractivity contribution in [3.05, 3.63) is 95.6 Å². The number of ether oxygens (including phenoxy) is 3. The van der Waals surface area contributed by atoms with Gasteiger partial charge < -0.3 is 24.2 Å². The summed E-state index contributed by atoms with van der Waals surface area (Å²) in [5.41, 5.74) is 1.06. The molecule has 4 rings (SSSR count). The molecule has 0 saturated carbocycles. The van der Waals surface area contributed by atoms with Crippen LogP contribution in [0.5, 0.6) is 17.2 Å². The van der Waals surface area contributed by atoms with Crippen molar-refractivity contribution in [3.63, 3.8) is 0 Å². The Hall–Kier alpha value is -4.10. The molecule has 0 radical (unpaired) electrons. The summed E-state index contributed by atoms with van der Waals surface area (Å²) in [6.07, 6.45) is 0. The number of nitrogens with zero attached hydrogens (tertiary/aromatic N) is 1. The van der Waals surface area contributed by atoms with Crippen molar-refractivity contribution in [2.45, 2.75) is 6.04 Å². The molecule has 0 bridgehead atoms. The zero-order chi connectivity index (χ0) is 24.1. The fourth-order valence-electron chi connectivity index (χ4n) is 3.92. The van der Waals surface area contributed by atoms with Gasteiger partial charge in [-0.3, -0.25) is 9.59 Å². The van der Waals surface area contributed by atoms with Crippen LogP contribution >= 0.6 is 0 Å². The third-order valence-electron chi connectivity index (χ3n) is 5.59. The van der Waals surface area contributed by atoms with Crippen molar-refractivity contribution in [3.8, 4) is 17.2 Å². The maximum Gasteiger partial charge on any atom is 0.295 e. The summed E-state index contributed by atoms with van der Waals surface area (Å²) in [5.74, 6) is 0.131. The minimum Gasteiger partial charge on any atom is -0.507 e. The van der Waals surface area contributed by atoms with Gasteiger partial charge in [0.1, 0.15) is 23.0 Å². The number of benzene rings is 3. The first kappa shape index (κ1) is 23.1. The van der Waals surface area contributed by atoms with Gasteiger partial charge in [-0.25, -0.2) is 0 Å². The molecule has 1 aliphatic rings. The summed E-state index contributed by atoms with van der Waals surface area (Å²) in [7, 11) is 3.07. The highest BCUT2D eigenvalue weighted by atomic mass is 16.5. The molecule has 7 nitrogen and oxygen atoms in total. The highest BCUT2D eigenvalue weighted by Crippen LogP contribution is 2.40. The van der Waals surface area contributed by atoms with Crippen LogP contribution in [0.2, 0.25) is 0 Å². The van der Waals surface area contributed by atoms with E-state index in [1.54, 1.807) is 55.6 Å². The summed E-state index contributed by atoms with van der Waals surface area (Å²) >= 11 is 0. The molecule has 0 aliphatic carbocycles. The molecule has 0 aromatic heterocycles. The Kier molecular flexibility index (Phi) is 6.94. The largest absolute Gasteiger partial charge is 0.507 e. The van der Waals surface area contributed by atoms with Crippen LogP contribution in [0.25, 0.3) is 5.76 Å². The minimum absolute atomic E-state index is 0.0168. The smallest absolute Gasteiger partial charge is 0.295 e. The first-order valence-corrected chi connectivity index (χ1v) is 10.8. The van der Waals surface area contributed by atoms with E-state index in [0.29, 0.717) is 28.4 Å². The number of para-hydroxylation sites is 1. The van der Waals surface area contributed by atoms with Crippen LogP contribution in [0.3, 0.4) is 0 Å². The summed E-state index contributed by atoms with van der Waals surface area (Å²) in [4.78, 5) is 27.4. The van der Waals surface area contributed by atoms with E-state index in [2.05, 4.69) is 0 Å². The van der Waals surface area contributed by atoms with E-state index in [1.165, 1.54) is 12.0 Å². The van der Waals surface area contributed by atoms with Gasteiger partial charge in [-0.2, -0.15) is 0 Å². The van der Waals surface area contributed by atoms with Gasteiger partial charge in [0.25, 0.3) is 11.7 Å². The number of methoxy groups -OCH3 is 2. The maximum absolute atomic E-state index is 13.1. The SMILES string of the molecule is COCCN1C(=O)C(=O)/C(=C(\O)c2ccc(OC)cc2)C1c1cccc(Oc2ccccc2)c1. The van der Waals surface area contributed by atoms with E-state index in [-0.39, 0.29) is 24.5 Å². The Bertz CT molecular complexity index is 1200. The highest BCUT2D eigenvalue weighted by molar-refractivity contribution is 6.46. The van der Waals surface area contributed by atoms with Crippen molar-refractivity contribution in [2.75, 3.05) is 27.4 Å². The third kappa shape index (κ3) is 4.65. The zero-order valence-corrected chi connectivity index (χ0v) is 18.9. The first-order valence-electron chi connectivity index (χ1n) is 10.8. The molecule has 1 fully saturated rings. The normalized spacial score (nSPS) is 17.1. The monoisotopic (exact) mass is 459 g/mol. The average Bonchev–Trinajstić information content (AvgIpc) is 3.12. The number of carbonyl (C=O) groups excluding carboxylic acids is 2. The molecule has 1 amide bonds. The van der Waals surface area contributed by atoms with Gasteiger partial charge in [0.2, 0.25) is 0 Å². The number of aliphatic hydroxyl groups is 1. The molecule has 0 spiro atoms. The van der Waals surface area contributed by atoms with Gasteiger partial charge in [-0.1, -0.05) is 30.3 Å². The van der Waals surface area contributed by atoms with Crippen molar-refractivity contribution < 1.29 is 28.9 Å².